The Kier molecular flexibility index (Phi) is 40.8. The summed E-state index contributed by atoms with van der Waals surface area (Å²) in [4.78, 5) is 77.7. The molecule has 132 heavy (non-hydrogen) atoms. The van der Waals surface area contributed by atoms with Gasteiger partial charge in [0.05, 0.1) is 90.9 Å². The summed E-state index contributed by atoms with van der Waals surface area (Å²) in [5, 5.41) is 346. The van der Waals surface area contributed by atoms with Crippen LogP contribution in [0.1, 0.15) is 41.0 Å². The minimum atomic E-state index is -3.34. The van der Waals surface area contributed by atoms with Crippen molar-refractivity contribution in [2.75, 3.05) is 72.7 Å². The molecular weight excluding hydrogens is 1810 g/mol. The number of rotatable bonds is 40. The molecule has 9 heterocycles. The molecule has 9 aliphatic heterocycles. The molecule has 35 N–H and O–H groups in total. The Bertz CT molecular complexity index is 3630. The Hall–Kier alpha value is -5.06. The first-order chi connectivity index (χ1) is 62.2. The maximum absolute atomic E-state index is 13.5. The zero-order valence-electron chi connectivity index (χ0n) is 71.0. The van der Waals surface area contributed by atoms with Crippen molar-refractivity contribution in [1.29, 1.82) is 0 Å². The predicted molar refractivity (Wildman–Crippen MR) is 407 cm³/mol. The molecule has 50 atom stereocenters. The highest BCUT2D eigenvalue weighted by atomic mass is 16.8. The second-order valence-corrected chi connectivity index (χ2v) is 32.9. The van der Waals surface area contributed by atoms with Crippen molar-refractivity contribution >= 4 is 35.5 Å². The van der Waals surface area contributed by atoms with E-state index in [0.29, 0.717) is 0 Å². The second-order valence-electron chi connectivity index (χ2n) is 32.9. The van der Waals surface area contributed by atoms with E-state index in [-0.39, 0.29) is 0 Å². The van der Waals surface area contributed by atoms with Crippen LogP contribution in [0.3, 0.4) is 0 Å². The number of ether oxygens (including phenoxy) is 18. The molecule has 0 aromatic heterocycles. The molecule has 9 fully saturated rings. The van der Waals surface area contributed by atoms with Gasteiger partial charge in [0.2, 0.25) is 29.5 Å². The van der Waals surface area contributed by atoms with Gasteiger partial charge in [-0.15, -0.1) is 0 Å². The van der Waals surface area contributed by atoms with Gasteiger partial charge in [0.25, 0.3) is 5.79 Å². The molecule has 9 saturated heterocycles. The van der Waals surface area contributed by atoms with E-state index >= 15 is 0 Å². The van der Waals surface area contributed by atoms with Crippen molar-refractivity contribution in [3.8, 4) is 0 Å². The molecule has 0 bridgehead atoms. The summed E-state index contributed by atoms with van der Waals surface area (Å²) >= 11 is 0. The summed E-state index contributed by atoms with van der Waals surface area (Å²) in [7, 11) is 0. The maximum Gasteiger partial charge on any atom is 0.364 e. The summed E-state index contributed by atoms with van der Waals surface area (Å²) in [6.07, 6.45) is -99.8. The van der Waals surface area contributed by atoms with Crippen molar-refractivity contribution in [2.24, 2.45) is 0 Å². The van der Waals surface area contributed by atoms with Gasteiger partial charge in [-0.2, -0.15) is 0 Å². The number of nitrogens with one attached hydrogen (secondary N) is 5. The normalized spacial score (nSPS) is 44.7. The van der Waals surface area contributed by atoms with Gasteiger partial charge in [0.15, 0.2) is 50.3 Å². The molecule has 0 aromatic carbocycles. The molecule has 0 aliphatic carbocycles. The van der Waals surface area contributed by atoms with Crippen molar-refractivity contribution < 1.29 is 267 Å². The topological polar surface area (TPSA) is 936 Å². The number of hydrogen-bond acceptors (Lipinski definition) is 53. The highest BCUT2D eigenvalue weighted by Gasteiger charge is 2.64. The Balaban J connectivity index is 1.07. The summed E-state index contributed by atoms with van der Waals surface area (Å²) < 4.78 is 107. The first-order valence-electron chi connectivity index (χ1n) is 41.7. The average molecular weight is 1930 g/mol. The zero-order valence-corrected chi connectivity index (χ0v) is 71.0. The van der Waals surface area contributed by atoms with Crippen molar-refractivity contribution in [2.45, 2.75) is 347 Å². The van der Waals surface area contributed by atoms with Gasteiger partial charge >= 0.3 is 5.97 Å². The van der Waals surface area contributed by atoms with Crippen LogP contribution in [0.5, 0.6) is 0 Å². The van der Waals surface area contributed by atoms with Gasteiger partial charge < -0.3 is 265 Å². The van der Waals surface area contributed by atoms with Gasteiger partial charge in [0, 0.05) is 41.0 Å². The molecule has 5 amide bonds. The number of carbonyl (C=O) groups excluding carboxylic acids is 5. The fourth-order valence-corrected chi connectivity index (χ4v) is 16.5. The standard InChI is InChI=1S/C73H123N5O54/c1-18(88)74-23(7-79)39(96)56(26(95)9-81)125-64-36(76-20(3)90)48(105)58(32(15-87)121-64)127-70-55(112)62(46(103)34(124-70)17-116-68-54(111)61(128-69-53(110)50(107)42(99)28(11-83)119-69)45(102)33(123-68)16-115-67-52(109)49(106)41(98)27(10-82)118-67)129-71-63(51(108)43(100)29(12-84)120-71)130-65-37(77-21(4)91)47(104)57(31(14-86)122-65)126-66-38(78-22(5)92)60(44(101)30(13-85)117-66)132-73(72(113)114)6-24(93)35(75-19(2)89)59(131-73)40(97)25(94)8-80/h23-71,79-87,93-112H,6-17H2,1-5H3,(H,74,88)(H,75,89)(H,76,90)(H,77,91)(H,78,92)(H,113,114)/t23-,24-,25+,26+,27+,28+,29+,30+,31+,32+,33+,34+,35+,36+,37+,38+,39+,40+,41+,42+,43+,44-,45+,46+,47+,48+,49-,50-,51-,52-,53-,54-,55-,56+,57+,58+,59+,60+,61-,62-,63-,64?,65?,66?,67?,68?,69?,70?,71?,73?/m0/s1. The molecule has 9 rings (SSSR count). The SMILES string of the molecule is CC(=O)N[C@H]1[C@H]([C@H](O)[C@H](O)CO)OC(O[C@H]2[C@@H](O)[C@@H](CO)OC(O[C@H]3[C@H](O)[C@@H](NC(C)=O)C(O[C@@H]4C(O[C@H]5[C@H](O)[C@@H](COC6O[C@H](COC7O[C@H](CO)[C@@H](O)[C@H](O)[C@@H]7O)[C@@H](O)[C@H](OC7O[C@H](CO)[C@@H](O)[C@H](O)[C@@H]7O)[C@@H]6O)OC(O[C@H]6[C@H](O)[C@@H](NC(C)=O)C(O[C@@H]([C@H](O)[C@H](CO)NC(C)=O)[C@H](O)CO)O[C@@H]6CO)[C@H]5O)O[C@H](CO)[C@@H](O)[C@@H]4O)O[C@@H]3CO)[C@@H]2NC(C)=O)(C(=O)O)C[C@@H]1O. The van der Waals surface area contributed by atoms with Gasteiger partial charge in [-0.05, 0) is 0 Å². The van der Waals surface area contributed by atoms with Crippen LogP contribution < -0.4 is 26.6 Å². The Morgan fingerprint density at radius 2 is 0.697 bits per heavy atom. The molecule has 9 aliphatic rings. The molecular formula is C73H123N5O54. The molecule has 0 saturated carbocycles. The van der Waals surface area contributed by atoms with E-state index in [9.17, 15) is 182 Å². The first-order valence-corrected chi connectivity index (χ1v) is 41.7. The van der Waals surface area contributed by atoms with E-state index in [4.69, 9.17) is 85.3 Å². The summed E-state index contributed by atoms with van der Waals surface area (Å²) in [6.45, 7) is -8.61. The van der Waals surface area contributed by atoms with Crippen LogP contribution in [0.4, 0.5) is 0 Å². The van der Waals surface area contributed by atoms with Crippen LogP contribution in [-0.2, 0) is 114 Å². The third-order valence-corrected chi connectivity index (χ3v) is 23.5. The largest absolute Gasteiger partial charge is 0.477 e. The number of aliphatic hydroxyl groups is 29. The minimum Gasteiger partial charge on any atom is -0.477 e. The monoisotopic (exact) mass is 1930 g/mol. The summed E-state index contributed by atoms with van der Waals surface area (Å²) in [5.74, 6) is -10.4. The lowest BCUT2D eigenvalue weighted by Crippen LogP contribution is -2.73. The minimum absolute atomic E-state index is 0.844. The van der Waals surface area contributed by atoms with Gasteiger partial charge in [0.1, 0.15) is 232 Å². The molecule has 59 heteroatoms. The van der Waals surface area contributed by atoms with Crippen LogP contribution in [-0.4, -0.2) is 567 Å². The van der Waals surface area contributed by atoms with Gasteiger partial charge in [-0.3, -0.25) is 24.0 Å². The third kappa shape index (κ3) is 25.2. The molecule has 59 nitrogen and oxygen atoms in total. The Morgan fingerprint density at radius 3 is 1.17 bits per heavy atom. The second kappa shape index (κ2) is 48.7. The van der Waals surface area contributed by atoms with Crippen LogP contribution in [0.25, 0.3) is 0 Å². The lowest BCUT2D eigenvalue weighted by molar-refractivity contribution is -0.398. The van der Waals surface area contributed by atoms with Gasteiger partial charge in [-0.1, -0.05) is 0 Å². The quantitative estimate of drug-likeness (QED) is 0.0271. The fraction of sp³-hybridized carbons (Fsp3) is 0.918. The van der Waals surface area contributed by atoms with Crippen LogP contribution in [0.2, 0.25) is 0 Å². The predicted octanol–water partition coefficient (Wildman–Crippen LogP) is -23.2. The number of amides is 5. The van der Waals surface area contributed by atoms with Crippen LogP contribution in [0, 0.1) is 0 Å². The number of hydrogen-bond donors (Lipinski definition) is 35. The highest BCUT2D eigenvalue weighted by molar-refractivity contribution is 5.77. The third-order valence-electron chi connectivity index (χ3n) is 23.5. The first kappa shape index (κ1) is 111. The molecule has 0 aromatic rings. The average Bonchev–Trinajstić information content (AvgIpc) is 0.748. The van der Waals surface area contributed by atoms with Crippen molar-refractivity contribution in [3.05, 3.63) is 0 Å². The smallest absolute Gasteiger partial charge is 0.364 e. The van der Waals surface area contributed by atoms with E-state index in [0.717, 1.165) is 34.6 Å². The van der Waals surface area contributed by atoms with E-state index < -0.39 is 421 Å². The lowest BCUT2D eigenvalue weighted by atomic mass is 9.88. The molecule has 0 spiro atoms. The number of carbonyl (C=O) groups is 6. The van der Waals surface area contributed by atoms with Gasteiger partial charge in [-0.25, -0.2) is 4.79 Å². The number of aliphatic carboxylic acids is 1. The Morgan fingerprint density at radius 1 is 0.341 bits per heavy atom. The zero-order chi connectivity index (χ0) is 98.0. The Labute approximate surface area is 747 Å². The van der Waals surface area contributed by atoms with Crippen molar-refractivity contribution in [1.82, 2.24) is 26.6 Å². The van der Waals surface area contributed by atoms with Crippen LogP contribution in [0.15, 0.2) is 0 Å². The fourth-order valence-electron chi connectivity index (χ4n) is 16.5. The summed E-state index contributed by atoms with van der Waals surface area (Å²) in [5.41, 5.74) is 0. The van der Waals surface area contributed by atoms with E-state index in [1.807, 2.05) is 0 Å². The number of aliphatic hydroxyl groups excluding tert-OH is 29. The lowest BCUT2D eigenvalue weighted by Gasteiger charge is -2.52. The highest BCUT2D eigenvalue weighted by Crippen LogP contribution is 2.42. The molecule has 0 radical (unpaired) electrons. The van der Waals surface area contributed by atoms with E-state index in [1.165, 1.54) is 0 Å². The molecule has 9 unspecified atom stereocenters. The number of carboxylic acid groups (broad SMARTS) is 1. The van der Waals surface area contributed by atoms with E-state index in [2.05, 4.69) is 26.6 Å². The number of carboxylic acids is 1. The van der Waals surface area contributed by atoms with Crippen LogP contribution >= 0.6 is 0 Å². The molecule has 764 valence electrons. The van der Waals surface area contributed by atoms with Crippen molar-refractivity contribution in [3.63, 3.8) is 0 Å². The maximum atomic E-state index is 13.5. The summed E-state index contributed by atoms with van der Waals surface area (Å²) in [6, 6.07) is -9.85. The van der Waals surface area contributed by atoms with E-state index in [1.54, 1.807) is 0 Å².